The van der Waals surface area contributed by atoms with Crippen molar-refractivity contribution < 1.29 is 9.21 Å². The zero-order valence-electron chi connectivity index (χ0n) is 11.6. The van der Waals surface area contributed by atoms with Crippen LogP contribution in [0.25, 0.3) is 0 Å². The summed E-state index contributed by atoms with van der Waals surface area (Å²) in [6, 6.07) is 11.7. The molecule has 0 atom stereocenters. The van der Waals surface area contributed by atoms with Gasteiger partial charge in [-0.3, -0.25) is 4.79 Å². The quantitative estimate of drug-likeness (QED) is 0.691. The summed E-state index contributed by atoms with van der Waals surface area (Å²) in [6.45, 7) is 3.10. The smallest absolute Gasteiger partial charge is 0.264 e. The second kappa shape index (κ2) is 6.28. The number of nitrogens with zero attached hydrogens (tertiary/aromatic N) is 1. The maximum absolute atomic E-state index is 12.7. The normalized spacial score (nSPS) is 10.7. The minimum absolute atomic E-state index is 0.0536. The van der Waals surface area contributed by atoms with Crippen molar-refractivity contribution in [2.24, 2.45) is 0 Å². The molecule has 0 saturated carbocycles. The van der Waals surface area contributed by atoms with E-state index in [4.69, 9.17) is 4.42 Å². The second-order valence-corrected chi connectivity index (χ2v) is 7.05. The summed E-state index contributed by atoms with van der Waals surface area (Å²) in [6.07, 6.45) is 1.64. The first-order valence-corrected chi connectivity index (χ1v) is 8.32. The highest BCUT2D eigenvalue weighted by Crippen LogP contribution is 2.21. The lowest BCUT2D eigenvalue weighted by Crippen LogP contribution is -2.29. The zero-order valence-corrected chi connectivity index (χ0v) is 13.2. The van der Waals surface area contributed by atoms with Gasteiger partial charge in [-0.25, -0.2) is 0 Å². The highest BCUT2D eigenvalue weighted by atomic mass is 32.1. The van der Waals surface area contributed by atoms with Crippen molar-refractivity contribution in [2.75, 3.05) is 0 Å². The first-order valence-electron chi connectivity index (χ1n) is 6.63. The van der Waals surface area contributed by atoms with E-state index in [-0.39, 0.29) is 5.91 Å². The minimum Gasteiger partial charge on any atom is -0.467 e. The third kappa shape index (κ3) is 3.43. The van der Waals surface area contributed by atoms with E-state index in [1.165, 1.54) is 16.2 Å². The highest BCUT2D eigenvalue weighted by Gasteiger charge is 2.19. The first kappa shape index (κ1) is 14.1. The monoisotopic (exact) mass is 317 g/mol. The molecule has 3 heterocycles. The molecule has 3 aromatic heterocycles. The molecule has 0 radical (unpaired) electrons. The van der Waals surface area contributed by atoms with Crippen LogP contribution in [0.5, 0.6) is 0 Å². The maximum atomic E-state index is 12.7. The van der Waals surface area contributed by atoms with Gasteiger partial charge in [-0.15, -0.1) is 22.7 Å². The van der Waals surface area contributed by atoms with Crippen LogP contribution < -0.4 is 0 Å². The van der Waals surface area contributed by atoms with E-state index >= 15 is 0 Å². The predicted octanol–water partition coefficient (Wildman–Crippen LogP) is 4.55. The molecule has 0 unspecified atom stereocenters. The molecule has 0 spiro atoms. The Morgan fingerprint density at radius 2 is 2.10 bits per heavy atom. The zero-order chi connectivity index (χ0) is 14.7. The van der Waals surface area contributed by atoms with Gasteiger partial charge >= 0.3 is 0 Å². The lowest BCUT2D eigenvalue weighted by molar-refractivity contribution is 0.0724. The Hall–Kier alpha value is -1.85. The van der Waals surface area contributed by atoms with Crippen molar-refractivity contribution >= 4 is 28.6 Å². The van der Waals surface area contributed by atoms with Crippen LogP contribution in [0.3, 0.4) is 0 Å². The fourth-order valence-corrected chi connectivity index (χ4v) is 3.64. The van der Waals surface area contributed by atoms with Crippen molar-refractivity contribution in [3.63, 3.8) is 0 Å². The number of rotatable bonds is 5. The molecule has 0 aliphatic carbocycles. The molecule has 0 aromatic carbocycles. The lowest BCUT2D eigenvalue weighted by Gasteiger charge is -2.20. The van der Waals surface area contributed by atoms with Gasteiger partial charge in [0.2, 0.25) is 0 Å². The molecule has 5 heteroatoms. The van der Waals surface area contributed by atoms with E-state index in [0.717, 1.165) is 15.5 Å². The number of thiophene rings is 2. The average Bonchev–Trinajstić information content (AvgIpc) is 3.19. The van der Waals surface area contributed by atoms with Crippen molar-refractivity contribution in [1.29, 1.82) is 0 Å². The molecule has 0 N–H and O–H groups in total. The van der Waals surface area contributed by atoms with Gasteiger partial charge in [0.05, 0.1) is 24.2 Å². The van der Waals surface area contributed by atoms with Gasteiger partial charge in [-0.05, 0) is 42.6 Å². The SMILES string of the molecule is Cc1ccc(C(=O)N(Cc2ccco2)Cc2cccs2)s1. The molecular formula is C16H15NO2S2. The van der Waals surface area contributed by atoms with Gasteiger partial charge < -0.3 is 9.32 Å². The number of hydrogen-bond acceptors (Lipinski definition) is 4. The van der Waals surface area contributed by atoms with Crippen LogP contribution in [0.15, 0.2) is 52.5 Å². The van der Waals surface area contributed by atoms with Crippen LogP contribution in [0.1, 0.15) is 25.2 Å². The molecule has 0 aliphatic rings. The van der Waals surface area contributed by atoms with Gasteiger partial charge in [0, 0.05) is 9.75 Å². The molecule has 3 rings (SSSR count). The largest absolute Gasteiger partial charge is 0.467 e. The van der Waals surface area contributed by atoms with Crippen molar-refractivity contribution in [2.45, 2.75) is 20.0 Å². The average molecular weight is 317 g/mol. The van der Waals surface area contributed by atoms with E-state index < -0.39 is 0 Å². The Balaban J connectivity index is 1.82. The van der Waals surface area contributed by atoms with Gasteiger partial charge in [0.1, 0.15) is 5.76 Å². The highest BCUT2D eigenvalue weighted by molar-refractivity contribution is 7.14. The van der Waals surface area contributed by atoms with Gasteiger partial charge in [-0.2, -0.15) is 0 Å². The van der Waals surface area contributed by atoms with Crippen LogP contribution in [-0.2, 0) is 13.1 Å². The molecule has 21 heavy (non-hydrogen) atoms. The number of furan rings is 1. The Morgan fingerprint density at radius 3 is 2.71 bits per heavy atom. The first-order chi connectivity index (χ1) is 10.2. The molecule has 0 saturated heterocycles. The summed E-state index contributed by atoms with van der Waals surface area (Å²) in [7, 11) is 0. The minimum atomic E-state index is 0.0536. The molecule has 108 valence electrons. The van der Waals surface area contributed by atoms with Crippen LogP contribution >= 0.6 is 22.7 Å². The maximum Gasteiger partial charge on any atom is 0.264 e. The Bertz CT molecular complexity index is 662. The Kier molecular flexibility index (Phi) is 4.22. The number of carbonyl (C=O) groups is 1. The fourth-order valence-electron chi connectivity index (χ4n) is 2.09. The summed E-state index contributed by atoms with van der Waals surface area (Å²) in [5.74, 6) is 0.853. The molecule has 1 amide bonds. The van der Waals surface area contributed by atoms with Crippen molar-refractivity contribution in [1.82, 2.24) is 4.90 Å². The summed E-state index contributed by atoms with van der Waals surface area (Å²) >= 11 is 3.19. The third-order valence-corrected chi connectivity index (χ3v) is 4.94. The number of hydrogen-bond donors (Lipinski definition) is 0. The van der Waals surface area contributed by atoms with E-state index in [9.17, 15) is 4.79 Å². The predicted molar refractivity (Wildman–Crippen MR) is 85.7 cm³/mol. The summed E-state index contributed by atoms with van der Waals surface area (Å²) in [5, 5.41) is 2.03. The van der Waals surface area contributed by atoms with Gasteiger partial charge in [0.25, 0.3) is 5.91 Å². The standard InChI is InChI=1S/C16H15NO2S2/c1-12-6-7-15(21-12)16(18)17(10-13-4-2-8-19-13)11-14-5-3-9-20-14/h2-9H,10-11H2,1H3. The van der Waals surface area contributed by atoms with E-state index in [1.54, 1.807) is 17.6 Å². The van der Waals surface area contributed by atoms with Crippen molar-refractivity contribution in [3.8, 4) is 0 Å². The summed E-state index contributed by atoms with van der Waals surface area (Å²) < 4.78 is 5.39. The second-order valence-electron chi connectivity index (χ2n) is 4.73. The van der Waals surface area contributed by atoms with Crippen LogP contribution in [-0.4, -0.2) is 10.8 Å². The number of aryl methyl sites for hydroxylation is 1. The van der Waals surface area contributed by atoms with E-state index in [0.29, 0.717) is 13.1 Å². The topological polar surface area (TPSA) is 33.5 Å². The van der Waals surface area contributed by atoms with Crippen LogP contribution in [0.4, 0.5) is 0 Å². The molecule has 0 fully saturated rings. The molecule has 0 aliphatic heterocycles. The van der Waals surface area contributed by atoms with E-state index in [2.05, 4.69) is 0 Å². The third-order valence-electron chi connectivity index (χ3n) is 3.09. The Morgan fingerprint density at radius 1 is 1.19 bits per heavy atom. The van der Waals surface area contributed by atoms with Crippen molar-refractivity contribution in [3.05, 3.63) is 68.4 Å². The molecule has 3 nitrogen and oxygen atoms in total. The number of carbonyl (C=O) groups excluding carboxylic acids is 1. The van der Waals surface area contributed by atoms with Crippen LogP contribution in [0.2, 0.25) is 0 Å². The van der Waals surface area contributed by atoms with Gasteiger partial charge in [0.15, 0.2) is 0 Å². The summed E-state index contributed by atoms with van der Waals surface area (Å²) in [5.41, 5.74) is 0. The number of amides is 1. The molecule has 3 aromatic rings. The van der Waals surface area contributed by atoms with Gasteiger partial charge in [-0.1, -0.05) is 6.07 Å². The van der Waals surface area contributed by atoms with E-state index in [1.807, 2.05) is 53.6 Å². The van der Waals surface area contributed by atoms with Crippen LogP contribution in [0, 0.1) is 6.92 Å². The Labute approximate surface area is 131 Å². The summed E-state index contributed by atoms with van der Waals surface area (Å²) in [4.78, 5) is 17.6. The molecule has 0 bridgehead atoms. The molecular weight excluding hydrogens is 302 g/mol. The lowest BCUT2D eigenvalue weighted by atomic mass is 10.3. The fraction of sp³-hybridized carbons (Fsp3) is 0.188.